The fourth-order valence-corrected chi connectivity index (χ4v) is 3.60. The van der Waals surface area contributed by atoms with E-state index in [1.165, 1.54) is 12.1 Å². The molecule has 0 aliphatic carbocycles. The number of hydrogen-bond acceptors (Lipinski definition) is 6. The number of likely N-dealkylation sites (tertiary alicyclic amines) is 1. The van der Waals surface area contributed by atoms with Crippen molar-refractivity contribution in [1.29, 1.82) is 0 Å². The molecule has 0 bridgehead atoms. The van der Waals surface area contributed by atoms with Gasteiger partial charge in [0.25, 0.3) is 0 Å². The van der Waals surface area contributed by atoms with E-state index in [-0.39, 0.29) is 11.7 Å². The molecule has 4 rings (SSSR count). The van der Waals surface area contributed by atoms with Crippen LogP contribution >= 0.6 is 0 Å². The van der Waals surface area contributed by atoms with Crippen molar-refractivity contribution < 1.29 is 18.4 Å². The second-order valence-corrected chi connectivity index (χ2v) is 7.10. The Kier molecular flexibility index (Phi) is 6.05. The molecule has 0 saturated carbocycles. The van der Waals surface area contributed by atoms with Crippen LogP contribution < -0.4 is 9.47 Å². The lowest BCUT2D eigenvalue weighted by Gasteiger charge is -2.30. The summed E-state index contributed by atoms with van der Waals surface area (Å²) in [6.45, 7) is 3.26. The van der Waals surface area contributed by atoms with Crippen LogP contribution in [0.1, 0.15) is 24.7 Å². The van der Waals surface area contributed by atoms with Crippen LogP contribution in [-0.4, -0.2) is 48.4 Å². The van der Waals surface area contributed by atoms with Crippen molar-refractivity contribution in [3.8, 4) is 22.9 Å². The van der Waals surface area contributed by atoms with Gasteiger partial charge in [0.1, 0.15) is 12.4 Å². The van der Waals surface area contributed by atoms with E-state index in [4.69, 9.17) is 14.0 Å². The number of piperidine rings is 1. The molecule has 7 heteroatoms. The number of benzene rings is 2. The summed E-state index contributed by atoms with van der Waals surface area (Å²) in [6, 6.07) is 13.8. The van der Waals surface area contributed by atoms with Gasteiger partial charge in [-0.15, -0.1) is 0 Å². The number of hydrogen-bond donors (Lipinski definition) is 0. The highest BCUT2D eigenvalue weighted by molar-refractivity contribution is 5.53. The number of ether oxygens (including phenoxy) is 2. The summed E-state index contributed by atoms with van der Waals surface area (Å²) in [5, 5.41) is 4.07. The monoisotopic (exact) mass is 397 g/mol. The number of rotatable bonds is 7. The summed E-state index contributed by atoms with van der Waals surface area (Å²) < 4.78 is 29.8. The highest BCUT2D eigenvalue weighted by Crippen LogP contribution is 2.28. The van der Waals surface area contributed by atoms with Crippen LogP contribution in [0, 0.1) is 5.82 Å². The second-order valence-electron chi connectivity index (χ2n) is 7.10. The van der Waals surface area contributed by atoms with E-state index in [0.717, 1.165) is 49.5 Å². The van der Waals surface area contributed by atoms with Crippen LogP contribution in [0.2, 0.25) is 0 Å². The van der Waals surface area contributed by atoms with Crippen LogP contribution in [0.25, 0.3) is 11.4 Å². The molecule has 1 aliphatic heterocycles. The maximum Gasteiger partial charge on any atom is 0.231 e. The third kappa shape index (κ3) is 4.74. The molecule has 1 aromatic heterocycles. The maximum absolute atomic E-state index is 13.1. The Morgan fingerprint density at radius 3 is 2.72 bits per heavy atom. The molecule has 0 N–H and O–H groups in total. The van der Waals surface area contributed by atoms with Crippen molar-refractivity contribution in [3.63, 3.8) is 0 Å². The van der Waals surface area contributed by atoms with Crippen LogP contribution in [0.15, 0.2) is 53.1 Å². The van der Waals surface area contributed by atoms with Gasteiger partial charge in [-0.05, 0) is 55.8 Å². The maximum atomic E-state index is 13.1. The number of methoxy groups -OCH3 is 1. The van der Waals surface area contributed by atoms with Crippen molar-refractivity contribution in [2.24, 2.45) is 0 Å². The normalized spacial score (nSPS) is 17.2. The van der Waals surface area contributed by atoms with Gasteiger partial charge in [0.05, 0.1) is 13.0 Å². The van der Waals surface area contributed by atoms with Crippen LogP contribution in [0.4, 0.5) is 4.39 Å². The molecule has 6 nitrogen and oxygen atoms in total. The van der Waals surface area contributed by atoms with E-state index in [1.54, 1.807) is 19.2 Å². The fraction of sp³-hybridized carbons (Fsp3) is 0.364. The second kappa shape index (κ2) is 9.05. The summed E-state index contributed by atoms with van der Waals surface area (Å²) in [7, 11) is 1.64. The first kappa shape index (κ1) is 19.4. The molecule has 3 aromatic rings. The third-order valence-corrected chi connectivity index (χ3v) is 5.13. The Bertz CT molecular complexity index is 929. The SMILES string of the molecule is COc1ccccc1OCCN1CCCC(c2nc(-c3ccc(F)cc3)no2)C1. The Hall–Kier alpha value is -2.93. The van der Waals surface area contributed by atoms with E-state index < -0.39 is 0 Å². The molecule has 1 atom stereocenters. The van der Waals surface area contributed by atoms with E-state index in [2.05, 4.69) is 15.0 Å². The van der Waals surface area contributed by atoms with E-state index >= 15 is 0 Å². The zero-order valence-corrected chi connectivity index (χ0v) is 16.4. The van der Waals surface area contributed by atoms with Gasteiger partial charge < -0.3 is 14.0 Å². The highest BCUT2D eigenvalue weighted by Gasteiger charge is 2.26. The van der Waals surface area contributed by atoms with Gasteiger partial charge in [-0.25, -0.2) is 4.39 Å². The lowest BCUT2D eigenvalue weighted by atomic mass is 9.98. The lowest BCUT2D eigenvalue weighted by Crippen LogP contribution is -2.37. The quantitative estimate of drug-likeness (QED) is 0.597. The van der Waals surface area contributed by atoms with Gasteiger partial charge in [0.15, 0.2) is 11.5 Å². The summed E-state index contributed by atoms with van der Waals surface area (Å²) in [4.78, 5) is 6.90. The fourth-order valence-electron chi connectivity index (χ4n) is 3.60. The van der Waals surface area contributed by atoms with Crippen molar-refractivity contribution in [2.75, 3.05) is 33.4 Å². The molecule has 0 spiro atoms. The largest absolute Gasteiger partial charge is 0.493 e. The van der Waals surface area contributed by atoms with E-state index in [9.17, 15) is 4.39 Å². The molecular weight excluding hydrogens is 373 g/mol. The molecule has 0 radical (unpaired) electrons. The third-order valence-electron chi connectivity index (χ3n) is 5.13. The summed E-state index contributed by atoms with van der Waals surface area (Å²) in [5.74, 6) is 2.54. The molecule has 1 unspecified atom stereocenters. The Labute approximate surface area is 169 Å². The minimum atomic E-state index is -0.282. The first-order valence-electron chi connectivity index (χ1n) is 9.80. The Morgan fingerprint density at radius 2 is 1.93 bits per heavy atom. The molecule has 0 amide bonds. The first-order valence-corrected chi connectivity index (χ1v) is 9.80. The number of aromatic nitrogens is 2. The van der Waals surface area contributed by atoms with Gasteiger partial charge in [0, 0.05) is 18.7 Å². The summed E-state index contributed by atoms with van der Waals surface area (Å²) in [6.07, 6.45) is 2.07. The molecule has 2 heterocycles. The van der Waals surface area contributed by atoms with Gasteiger partial charge in [0.2, 0.25) is 11.7 Å². The summed E-state index contributed by atoms with van der Waals surface area (Å²) in [5.41, 5.74) is 0.749. The summed E-state index contributed by atoms with van der Waals surface area (Å²) >= 11 is 0. The Balaban J connectivity index is 1.33. The van der Waals surface area contributed by atoms with E-state index in [0.29, 0.717) is 18.3 Å². The molecule has 152 valence electrons. The minimum absolute atomic E-state index is 0.191. The molecule has 29 heavy (non-hydrogen) atoms. The topological polar surface area (TPSA) is 60.6 Å². The van der Waals surface area contributed by atoms with Gasteiger partial charge in [-0.2, -0.15) is 4.98 Å². The van der Waals surface area contributed by atoms with Crippen LogP contribution in [0.3, 0.4) is 0 Å². The molecule has 1 saturated heterocycles. The molecule has 1 fully saturated rings. The smallest absolute Gasteiger partial charge is 0.231 e. The highest BCUT2D eigenvalue weighted by atomic mass is 19.1. The van der Waals surface area contributed by atoms with Crippen molar-refractivity contribution in [2.45, 2.75) is 18.8 Å². The number of halogens is 1. The van der Waals surface area contributed by atoms with Crippen molar-refractivity contribution >= 4 is 0 Å². The zero-order chi connectivity index (χ0) is 20.1. The van der Waals surface area contributed by atoms with Crippen LogP contribution in [-0.2, 0) is 0 Å². The number of para-hydroxylation sites is 2. The zero-order valence-electron chi connectivity index (χ0n) is 16.4. The van der Waals surface area contributed by atoms with Gasteiger partial charge in [-0.3, -0.25) is 4.90 Å². The first-order chi connectivity index (χ1) is 14.2. The predicted molar refractivity (Wildman–Crippen MR) is 107 cm³/mol. The molecule has 1 aliphatic rings. The average molecular weight is 397 g/mol. The standard InChI is InChI=1S/C22H24FN3O3/c1-27-19-6-2-3-7-20(19)28-14-13-26-12-4-5-17(15-26)22-24-21(25-29-22)16-8-10-18(23)11-9-16/h2-3,6-11,17H,4-5,12-15H2,1H3. The average Bonchev–Trinajstić information content (AvgIpc) is 3.25. The van der Waals surface area contributed by atoms with Crippen LogP contribution in [0.5, 0.6) is 11.5 Å². The predicted octanol–water partition coefficient (Wildman–Crippen LogP) is 4.14. The molecule has 2 aromatic carbocycles. The van der Waals surface area contributed by atoms with Crippen molar-refractivity contribution in [1.82, 2.24) is 15.0 Å². The minimum Gasteiger partial charge on any atom is -0.493 e. The van der Waals surface area contributed by atoms with Crippen molar-refractivity contribution in [3.05, 3.63) is 60.2 Å². The van der Waals surface area contributed by atoms with Gasteiger partial charge in [-0.1, -0.05) is 17.3 Å². The lowest BCUT2D eigenvalue weighted by molar-refractivity contribution is 0.156. The molecular formula is C22H24FN3O3. The number of nitrogens with zero attached hydrogens (tertiary/aromatic N) is 3. The van der Waals surface area contributed by atoms with Gasteiger partial charge >= 0.3 is 0 Å². The Morgan fingerprint density at radius 1 is 1.14 bits per heavy atom. The van der Waals surface area contributed by atoms with E-state index in [1.807, 2.05) is 24.3 Å².